The number of nitrogens with one attached hydrogen (secondary N) is 2. The third kappa shape index (κ3) is 5.81. The highest BCUT2D eigenvalue weighted by Crippen LogP contribution is 2.17. The average molecular weight is 356 g/mol. The molecule has 0 bridgehead atoms. The van der Waals surface area contributed by atoms with Crippen LogP contribution in [0.3, 0.4) is 0 Å². The highest BCUT2D eigenvalue weighted by atomic mass is 16.5. The lowest BCUT2D eigenvalue weighted by Gasteiger charge is -2.10. The molecule has 6 heteroatoms. The topological polar surface area (TPSA) is 76.7 Å². The third-order valence-corrected chi connectivity index (χ3v) is 3.79. The van der Waals surface area contributed by atoms with Gasteiger partial charge in [-0.05, 0) is 42.7 Å². The first-order valence-electron chi connectivity index (χ1n) is 8.53. The van der Waals surface area contributed by atoms with Crippen LogP contribution in [0, 0.1) is 0 Å². The number of hydrogen-bond acceptors (Lipinski definition) is 4. The summed E-state index contributed by atoms with van der Waals surface area (Å²) >= 11 is 0. The second-order valence-corrected chi connectivity index (χ2v) is 5.59. The lowest BCUT2D eigenvalue weighted by Crippen LogP contribution is -2.36. The lowest BCUT2D eigenvalue weighted by molar-refractivity contribution is 0.0526. The van der Waals surface area contributed by atoms with E-state index in [0.717, 1.165) is 16.9 Å². The van der Waals surface area contributed by atoms with Gasteiger partial charge in [0.1, 0.15) is 5.75 Å². The normalized spacial score (nSPS) is 10.1. The Labute approximate surface area is 153 Å². The molecular weight excluding hydrogens is 332 g/mol. The summed E-state index contributed by atoms with van der Waals surface area (Å²) in [6.45, 7) is 3.00. The minimum atomic E-state index is -0.346. The Morgan fingerprint density at radius 1 is 1.00 bits per heavy atom. The van der Waals surface area contributed by atoms with Crippen molar-refractivity contribution < 1.29 is 19.1 Å². The molecule has 2 aromatic carbocycles. The van der Waals surface area contributed by atoms with E-state index >= 15 is 0 Å². The van der Waals surface area contributed by atoms with Crippen LogP contribution < -0.4 is 15.4 Å². The van der Waals surface area contributed by atoms with Crippen molar-refractivity contribution in [3.05, 3.63) is 65.2 Å². The third-order valence-electron chi connectivity index (χ3n) is 3.79. The molecule has 0 aromatic heterocycles. The fourth-order valence-electron chi connectivity index (χ4n) is 2.44. The van der Waals surface area contributed by atoms with Crippen LogP contribution in [0.1, 0.15) is 28.4 Å². The molecule has 0 unspecified atom stereocenters. The standard InChI is InChI=1S/C20H24N2O4/c1-3-26-19(23)17-10-8-15(9-11-17)14-22-20(24)21-13-12-16-6-4-5-7-18(16)25-2/h4-11H,3,12-14H2,1-2H3,(H2,21,22,24). The Hall–Kier alpha value is -3.02. The van der Waals surface area contributed by atoms with Crippen molar-refractivity contribution >= 4 is 12.0 Å². The number of para-hydroxylation sites is 1. The number of carbonyl (C=O) groups excluding carboxylic acids is 2. The lowest BCUT2D eigenvalue weighted by atomic mass is 10.1. The molecule has 6 nitrogen and oxygen atoms in total. The predicted octanol–water partition coefficient (Wildman–Crippen LogP) is 2.91. The molecular formula is C20H24N2O4. The van der Waals surface area contributed by atoms with E-state index in [9.17, 15) is 9.59 Å². The summed E-state index contributed by atoms with van der Waals surface area (Å²) in [7, 11) is 1.63. The summed E-state index contributed by atoms with van der Waals surface area (Å²) in [5.41, 5.74) is 2.44. The zero-order valence-electron chi connectivity index (χ0n) is 15.1. The van der Waals surface area contributed by atoms with Crippen LogP contribution in [-0.2, 0) is 17.7 Å². The monoisotopic (exact) mass is 356 g/mol. The van der Waals surface area contributed by atoms with Gasteiger partial charge in [-0.2, -0.15) is 0 Å². The molecule has 2 amide bonds. The molecule has 26 heavy (non-hydrogen) atoms. The van der Waals surface area contributed by atoms with E-state index in [1.165, 1.54) is 0 Å². The first-order chi connectivity index (χ1) is 12.6. The zero-order valence-corrected chi connectivity index (χ0v) is 15.1. The number of esters is 1. The first kappa shape index (κ1) is 19.3. The van der Waals surface area contributed by atoms with E-state index in [4.69, 9.17) is 9.47 Å². The van der Waals surface area contributed by atoms with Crippen molar-refractivity contribution in [1.82, 2.24) is 10.6 Å². The Balaban J connectivity index is 1.74. The van der Waals surface area contributed by atoms with Gasteiger partial charge in [-0.3, -0.25) is 0 Å². The summed E-state index contributed by atoms with van der Waals surface area (Å²) in [5.74, 6) is 0.470. The van der Waals surface area contributed by atoms with E-state index in [-0.39, 0.29) is 12.0 Å². The van der Waals surface area contributed by atoms with Gasteiger partial charge >= 0.3 is 12.0 Å². The number of methoxy groups -OCH3 is 1. The van der Waals surface area contributed by atoms with E-state index < -0.39 is 0 Å². The number of carbonyl (C=O) groups is 2. The van der Waals surface area contributed by atoms with E-state index in [0.29, 0.717) is 31.7 Å². The molecule has 0 saturated heterocycles. The van der Waals surface area contributed by atoms with Gasteiger partial charge < -0.3 is 20.1 Å². The Bertz CT molecular complexity index is 729. The Morgan fingerprint density at radius 3 is 2.42 bits per heavy atom. The number of hydrogen-bond donors (Lipinski definition) is 2. The molecule has 0 saturated carbocycles. The second kappa shape index (κ2) is 10.1. The summed E-state index contributed by atoms with van der Waals surface area (Å²) < 4.78 is 10.2. The van der Waals surface area contributed by atoms with Gasteiger partial charge in [-0.1, -0.05) is 30.3 Å². The van der Waals surface area contributed by atoms with Gasteiger partial charge in [0.2, 0.25) is 0 Å². The van der Waals surface area contributed by atoms with Gasteiger partial charge in [0.15, 0.2) is 0 Å². The van der Waals surface area contributed by atoms with Gasteiger partial charge in [-0.15, -0.1) is 0 Å². The fraction of sp³-hybridized carbons (Fsp3) is 0.300. The maximum absolute atomic E-state index is 11.9. The van der Waals surface area contributed by atoms with E-state index in [1.54, 1.807) is 38.3 Å². The van der Waals surface area contributed by atoms with Crippen LogP contribution in [0.2, 0.25) is 0 Å². The highest BCUT2D eigenvalue weighted by Gasteiger charge is 2.07. The van der Waals surface area contributed by atoms with Crippen LogP contribution in [0.15, 0.2) is 48.5 Å². The number of rotatable bonds is 8. The largest absolute Gasteiger partial charge is 0.496 e. The van der Waals surface area contributed by atoms with Gasteiger partial charge in [0.05, 0.1) is 19.3 Å². The van der Waals surface area contributed by atoms with Gasteiger partial charge in [-0.25, -0.2) is 9.59 Å². The average Bonchev–Trinajstić information content (AvgIpc) is 2.67. The van der Waals surface area contributed by atoms with Crippen molar-refractivity contribution in [2.24, 2.45) is 0 Å². The maximum Gasteiger partial charge on any atom is 0.338 e. The molecule has 0 aliphatic carbocycles. The zero-order chi connectivity index (χ0) is 18.8. The van der Waals surface area contributed by atoms with E-state index in [1.807, 2.05) is 24.3 Å². The smallest absolute Gasteiger partial charge is 0.338 e. The maximum atomic E-state index is 11.9. The molecule has 0 aliphatic rings. The molecule has 0 aliphatic heterocycles. The highest BCUT2D eigenvalue weighted by molar-refractivity contribution is 5.89. The van der Waals surface area contributed by atoms with E-state index in [2.05, 4.69) is 10.6 Å². The molecule has 2 aromatic rings. The quantitative estimate of drug-likeness (QED) is 0.713. The van der Waals surface area contributed by atoms with Crippen LogP contribution in [0.4, 0.5) is 4.79 Å². The van der Waals surface area contributed by atoms with Gasteiger partial charge in [0, 0.05) is 13.1 Å². The predicted molar refractivity (Wildman–Crippen MR) is 99.3 cm³/mol. The molecule has 0 spiro atoms. The fourth-order valence-corrected chi connectivity index (χ4v) is 2.44. The molecule has 0 heterocycles. The summed E-state index contributed by atoms with van der Waals surface area (Å²) in [6, 6.07) is 14.5. The number of amides is 2. The van der Waals surface area contributed by atoms with Crippen LogP contribution in [0.5, 0.6) is 5.75 Å². The molecule has 2 N–H and O–H groups in total. The summed E-state index contributed by atoms with van der Waals surface area (Å²) in [6.07, 6.45) is 0.686. The Kier molecular flexibility index (Phi) is 7.49. The van der Waals surface area contributed by atoms with Crippen molar-refractivity contribution in [2.75, 3.05) is 20.3 Å². The molecule has 0 atom stereocenters. The minimum absolute atomic E-state index is 0.241. The molecule has 0 fully saturated rings. The van der Waals surface area contributed by atoms with Crippen LogP contribution >= 0.6 is 0 Å². The number of ether oxygens (including phenoxy) is 2. The summed E-state index contributed by atoms with van der Waals surface area (Å²) in [4.78, 5) is 23.5. The van der Waals surface area contributed by atoms with Gasteiger partial charge in [0.25, 0.3) is 0 Å². The molecule has 0 radical (unpaired) electrons. The van der Waals surface area contributed by atoms with Crippen LogP contribution in [-0.4, -0.2) is 32.3 Å². The van der Waals surface area contributed by atoms with Crippen molar-refractivity contribution in [2.45, 2.75) is 19.9 Å². The number of benzene rings is 2. The van der Waals surface area contributed by atoms with Crippen molar-refractivity contribution in [1.29, 1.82) is 0 Å². The van der Waals surface area contributed by atoms with Crippen molar-refractivity contribution in [3.63, 3.8) is 0 Å². The Morgan fingerprint density at radius 2 is 1.73 bits per heavy atom. The van der Waals surface area contributed by atoms with Crippen LogP contribution in [0.25, 0.3) is 0 Å². The summed E-state index contributed by atoms with van der Waals surface area (Å²) in [5, 5.41) is 5.61. The minimum Gasteiger partial charge on any atom is -0.496 e. The van der Waals surface area contributed by atoms with Crippen molar-refractivity contribution in [3.8, 4) is 5.75 Å². The SMILES string of the molecule is CCOC(=O)c1ccc(CNC(=O)NCCc2ccccc2OC)cc1. The first-order valence-corrected chi connectivity index (χ1v) is 8.53. The molecule has 138 valence electrons. The number of urea groups is 1. The molecule has 2 rings (SSSR count). The second-order valence-electron chi connectivity index (χ2n) is 5.59.